The summed E-state index contributed by atoms with van der Waals surface area (Å²) >= 11 is 0. The van der Waals surface area contributed by atoms with Gasteiger partial charge in [0.1, 0.15) is 5.82 Å². The van der Waals surface area contributed by atoms with Crippen LogP contribution in [0.15, 0.2) is 24.3 Å². The lowest BCUT2D eigenvalue weighted by Gasteiger charge is -2.38. The van der Waals surface area contributed by atoms with Gasteiger partial charge in [0.25, 0.3) is 0 Å². The van der Waals surface area contributed by atoms with Gasteiger partial charge in [-0.3, -0.25) is 4.90 Å². The Labute approximate surface area is 107 Å². The summed E-state index contributed by atoms with van der Waals surface area (Å²) in [4.78, 5) is 4.37. The molecule has 1 aromatic carbocycles. The van der Waals surface area contributed by atoms with Gasteiger partial charge in [-0.15, -0.1) is 0 Å². The number of nitriles is 1. The van der Waals surface area contributed by atoms with Crippen LogP contribution in [0.3, 0.4) is 0 Å². The summed E-state index contributed by atoms with van der Waals surface area (Å²) in [6.45, 7) is 5.48. The molecule has 1 aliphatic heterocycles. The Balaban J connectivity index is 1.95. The number of hydrogen-bond acceptors (Lipinski definition) is 3. The first-order valence-electron chi connectivity index (χ1n) is 6.33. The summed E-state index contributed by atoms with van der Waals surface area (Å²) in [5.74, 6) is -0.156. The molecule has 1 fully saturated rings. The minimum Gasteiger partial charge on any atom is -0.367 e. The number of halogens is 1. The van der Waals surface area contributed by atoms with E-state index in [-0.39, 0.29) is 11.9 Å². The maximum absolute atomic E-state index is 13.7. The highest BCUT2D eigenvalue weighted by Gasteiger charge is 2.22. The van der Waals surface area contributed by atoms with Gasteiger partial charge in [-0.25, -0.2) is 4.39 Å². The zero-order valence-corrected chi connectivity index (χ0v) is 10.6. The van der Waals surface area contributed by atoms with E-state index in [9.17, 15) is 4.39 Å². The third-order valence-corrected chi connectivity index (χ3v) is 3.52. The second-order valence-electron chi connectivity index (χ2n) is 4.69. The molecule has 1 aliphatic rings. The van der Waals surface area contributed by atoms with Gasteiger partial charge in [0, 0.05) is 32.2 Å². The van der Waals surface area contributed by atoms with Crippen molar-refractivity contribution >= 4 is 5.69 Å². The van der Waals surface area contributed by atoms with Gasteiger partial charge >= 0.3 is 0 Å². The molecular weight excluding hydrogens is 229 g/mol. The predicted octanol–water partition coefficient (Wildman–Crippen LogP) is 2.25. The van der Waals surface area contributed by atoms with E-state index in [1.807, 2.05) is 12.1 Å². The summed E-state index contributed by atoms with van der Waals surface area (Å²) in [7, 11) is 0. The topological polar surface area (TPSA) is 30.3 Å². The normalized spacial score (nSPS) is 18.4. The van der Waals surface area contributed by atoms with E-state index in [2.05, 4.69) is 22.8 Å². The maximum Gasteiger partial charge on any atom is 0.146 e. The lowest BCUT2D eigenvalue weighted by Crippen LogP contribution is -2.49. The van der Waals surface area contributed by atoms with E-state index < -0.39 is 0 Å². The average Bonchev–Trinajstić information content (AvgIpc) is 2.40. The minimum absolute atomic E-state index is 0.156. The Kier molecular flexibility index (Phi) is 4.16. The second kappa shape index (κ2) is 5.83. The quantitative estimate of drug-likeness (QED) is 0.820. The standard InChI is InChI=1S/C14H18FN3/c1-12(6-7-16)17-8-10-18(11-9-17)14-5-3-2-4-13(14)15/h2-5,12H,6,8-11H2,1H3. The van der Waals surface area contributed by atoms with Gasteiger partial charge < -0.3 is 4.90 Å². The third-order valence-electron chi connectivity index (χ3n) is 3.52. The van der Waals surface area contributed by atoms with Crippen LogP contribution in [0, 0.1) is 17.1 Å². The fourth-order valence-corrected chi connectivity index (χ4v) is 2.37. The second-order valence-corrected chi connectivity index (χ2v) is 4.69. The molecule has 0 saturated carbocycles. The van der Waals surface area contributed by atoms with Gasteiger partial charge in [0.05, 0.1) is 18.2 Å². The van der Waals surface area contributed by atoms with E-state index in [0.717, 1.165) is 26.2 Å². The van der Waals surface area contributed by atoms with Crippen LogP contribution in [0.5, 0.6) is 0 Å². The highest BCUT2D eigenvalue weighted by molar-refractivity contribution is 5.47. The van der Waals surface area contributed by atoms with Gasteiger partial charge in [-0.05, 0) is 19.1 Å². The number of hydrogen-bond donors (Lipinski definition) is 0. The smallest absolute Gasteiger partial charge is 0.146 e. The van der Waals surface area contributed by atoms with E-state index in [1.165, 1.54) is 6.07 Å². The van der Waals surface area contributed by atoms with Gasteiger partial charge in [-0.1, -0.05) is 12.1 Å². The van der Waals surface area contributed by atoms with Crippen molar-refractivity contribution in [3.8, 4) is 6.07 Å². The molecule has 4 heteroatoms. The molecule has 1 saturated heterocycles. The summed E-state index contributed by atoms with van der Waals surface area (Å²) in [6.07, 6.45) is 0.555. The van der Waals surface area contributed by atoms with Crippen LogP contribution >= 0.6 is 0 Å². The Hall–Kier alpha value is -1.60. The van der Waals surface area contributed by atoms with Crippen LogP contribution in [0.25, 0.3) is 0 Å². The van der Waals surface area contributed by atoms with Crippen LogP contribution in [0.1, 0.15) is 13.3 Å². The zero-order valence-electron chi connectivity index (χ0n) is 10.6. The van der Waals surface area contributed by atoms with E-state index in [4.69, 9.17) is 5.26 Å². The van der Waals surface area contributed by atoms with Crippen LogP contribution < -0.4 is 4.90 Å². The SMILES string of the molecule is CC(CC#N)N1CCN(c2ccccc2F)CC1. The Morgan fingerprint density at radius 3 is 2.56 bits per heavy atom. The molecule has 1 unspecified atom stereocenters. The molecule has 96 valence electrons. The first kappa shape index (κ1) is 12.8. The zero-order chi connectivity index (χ0) is 13.0. The summed E-state index contributed by atoms with van der Waals surface area (Å²) in [5, 5.41) is 8.70. The molecule has 0 radical (unpaired) electrons. The van der Waals surface area contributed by atoms with Gasteiger partial charge in [-0.2, -0.15) is 5.26 Å². The van der Waals surface area contributed by atoms with E-state index in [0.29, 0.717) is 12.1 Å². The lowest BCUT2D eigenvalue weighted by molar-refractivity contribution is 0.199. The van der Waals surface area contributed by atoms with Crippen molar-refractivity contribution in [3.05, 3.63) is 30.1 Å². The molecular formula is C14H18FN3. The molecule has 0 bridgehead atoms. The number of anilines is 1. The first-order valence-corrected chi connectivity index (χ1v) is 6.33. The highest BCUT2D eigenvalue weighted by atomic mass is 19.1. The van der Waals surface area contributed by atoms with Crippen molar-refractivity contribution in [3.63, 3.8) is 0 Å². The number of para-hydroxylation sites is 1. The molecule has 1 atom stereocenters. The van der Waals surface area contributed by atoms with Crippen LogP contribution in [0.4, 0.5) is 10.1 Å². The van der Waals surface area contributed by atoms with Crippen molar-refractivity contribution in [2.75, 3.05) is 31.1 Å². The number of benzene rings is 1. The molecule has 3 nitrogen and oxygen atoms in total. The monoisotopic (exact) mass is 247 g/mol. The summed E-state index contributed by atoms with van der Waals surface area (Å²) in [6, 6.07) is 9.39. The third kappa shape index (κ3) is 2.80. The molecule has 1 heterocycles. The fraction of sp³-hybridized carbons (Fsp3) is 0.500. The highest BCUT2D eigenvalue weighted by Crippen LogP contribution is 2.20. The molecule has 0 amide bonds. The van der Waals surface area contributed by atoms with E-state index >= 15 is 0 Å². The first-order chi connectivity index (χ1) is 8.72. The fourth-order valence-electron chi connectivity index (χ4n) is 2.37. The molecule has 2 rings (SSSR count). The Bertz CT molecular complexity index is 433. The number of rotatable bonds is 3. The van der Waals surface area contributed by atoms with Crippen LogP contribution in [-0.2, 0) is 0 Å². The lowest BCUT2D eigenvalue weighted by atomic mass is 10.1. The van der Waals surface area contributed by atoms with Gasteiger partial charge in [0.2, 0.25) is 0 Å². The van der Waals surface area contributed by atoms with Crippen molar-refractivity contribution in [2.24, 2.45) is 0 Å². The largest absolute Gasteiger partial charge is 0.367 e. The molecule has 0 N–H and O–H groups in total. The summed E-state index contributed by atoms with van der Waals surface area (Å²) in [5.41, 5.74) is 0.685. The maximum atomic E-state index is 13.7. The Morgan fingerprint density at radius 2 is 1.94 bits per heavy atom. The number of piperazine rings is 1. The molecule has 0 spiro atoms. The molecule has 0 aliphatic carbocycles. The van der Waals surface area contributed by atoms with Crippen LogP contribution in [0.2, 0.25) is 0 Å². The van der Waals surface area contributed by atoms with E-state index in [1.54, 1.807) is 6.07 Å². The van der Waals surface area contributed by atoms with Crippen molar-refractivity contribution in [2.45, 2.75) is 19.4 Å². The molecule has 0 aromatic heterocycles. The van der Waals surface area contributed by atoms with Gasteiger partial charge in [0.15, 0.2) is 0 Å². The molecule has 1 aromatic rings. The predicted molar refractivity (Wildman–Crippen MR) is 69.9 cm³/mol. The molecule has 18 heavy (non-hydrogen) atoms. The van der Waals surface area contributed by atoms with Crippen LogP contribution in [-0.4, -0.2) is 37.1 Å². The van der Waals surface area contributed by atoms with Crippen molar-refractivity contribution in [1.29, 1.82) is 5.26 Å². The number of nitrogens with zero attached hydrogens (tertiary/aromatic N) is 3. The average molecular weight is 247 g/mol. The Morgan fingerprint density at radius 1 is 1.28 bits per heavy atom. The van der Waals surface area contributed by atoms with Crippen molar-refractivity contribution in [1.82, 2.24) is 4.90 Å². The summed E-state index contributed by atoms with van der Waals surface area (Å²) < 4.78 is 13.7. The minimum atomic E-state index is -0.156. The van der Waals surface area contributed by atoms with Crippen molar-refractivity contribution < 1.29 is 4.39 Å².